The molecule has 30 heavy (non-hydrogen) atoms. The average Bonchev–Trinajstić information content (AvgIpc) is 3.28. The highest BCUT2D eigenvalue weighted by molar-refractivity contribution is 6.09. The fourth-order valence-corrected chi connectivity index (χ4v) is 3.96. The Morgan fingerprint density at radius 3 is 2.83 bits per heavy atom. The molecule has 5 rings (SSSR count). The van der Waals surface area contributed by atoms with Gasteiger partial charge in [-0.05, 0) is 45.6 Å². The maximum Gasteiger partial charge on any atom is 0.258 e. The zero-order valence-electron chi connectivity index (χ0n) is 17.4. The Labute approximate surface area is 174 Å². The molecule has 3 aromatic heterocycles. The van der Waals surface area contributed by atoms with Crippen LogP contribution in [0.4, 0.5) is 5.82 Å². The molecule has 8 heteroatoms. The number of aryl methyl sites for hydroxylation is 1. The van der Waals surface area contributed by atoms with E-state index in [2.05, 4.69) is 38.8 Å². The van der Waals surface area contributed by atoms with Crippen LogP contribution in [0.3, 0.4) is 0 Å². The van der Waals surface area contributed by atoms with E-state index in [0.717, 1.165) is 35.4 Å². The number of anilines is 1. The minimum Gasteiger partial charge on any atom is -0.445 e. The fraction of sp³-hybridized carbons (Fsp3) is 0.409. The summed E-state index contributed by atoms with van der Waals surface area (Å²) < 4.78 is 5.66. The zero-order valence-corrected chi connectivity index (χ0v) is 17.4. The van der Waals surface area contributed by atoms with E-state index in [9.17, 15) is 4.79 Å². The van der Waals surface area contributed by atoms with Crippen molar-refractivity contribution in [2.75, 3.05) is 11.9 Å². The molecule has 0 aromatic carbocycles. The quantitative estimate of drug-likeness (QED) is 0.710. The van der Waals surface area contributed by atoms with Gasteiger partial charge in [-0.2, -0.15) is 4.98 Å². The van der Waals surface area contributed by atoms with Crippen LogP contribution in [0.5, 0.6) is 0 Å². The smallest absolute Gasteiger partial charge is 0.258 e. The van der Waals surface area contributed by atoms with Crippen LogP contribution in [0.2, 0.25) is 0 Å². The van der Waals surface area contributed by atoms with Gasteiger partial charge in [0.15, 0.2) is 0 Å². The second kappa shape index (κ2) is 6.62. The third-order valence-electron chi connectivity index (χ3n) is 5.89. The first-order valence-electron chi connectivity index (χ1n) is 10.2. The van der Waals surface area contributed by atoms with Crippen LogP contribution in [0.1, 0.15) is 59.8 Å². The third kappa shape index (κ3) is 3.12. The summed E-state index contributed by atoms with van der Waals surface area (Å²) in [5.74, 6) is 1.17. The topological polar surface area (TPSA) is 97.0 Å². The molecule has 0 atom stereocenters. The summed E-state index contributed by atoms with van der Waals surface area (Å²) >= 11 is 0. The highest BCUT2D eigenvalue weighted by atomic mass is 16.3. The molecule has 0 radical (unpaired) electrons. The molecule has 1 saturated carbocycles. The van der Waals surface area contributed by atoms with Gasteiger partial charge in [0.1, 0.15) is 24.2 Å². The lowest BCUT2D eigenvalue weighted by Crippen LogP contribution is -2.37. The second-order valence-electron chi connectivity index (χ2n) is 8.54. The van der Waals surface area contributed by atoms with Crippen molar-refractivity contribution >= 4 is 28.4 Å². The van der Waals surface area contributed by atoms with E-state index in [4.69, 9.17) is 4.42 Å². The standard InChI is InChI=1S/C22H24N6O2/c1-12(2)18-14-5-8-28(9-16(14)23-11-24-18)21(29)15-10-30-20-17(15)19(25-13(3)26-20)27-22(4)6-7-22/h10-11H,1,5-9H2,2-4H3,(H,25,26,27). The number of furan rings is 1. The van der Waals surface area contributed by atoms with Gasteiger partial charge < -0.3 is 14.6 Å². The molecule has 0 bridgehead atoms. The maximum absolute atomic E-state index is 13.4. The Morgan fingerprint density at radius 2 is 2.10 bits per heavy atom. The molecule has 0 spiro atoms. The predicted molar refractivity (Wildman–Crippen MR) is 113 cm³/mol. The molecule has 8 nitrogen and oxygen atoms in total. The number of rotatable bonds is 4. The number of hydrogen-bond donors (Lipinski definition) is 1. The number of allylic oxidation sites excluding steroid dienone is 1. The lowest BCUT2D eigenvalue weighted by atomic mass is 9.99. The number of nitrogens with one attached hydrogen (secondary N) is 1. The summed E-state index contributed by atoms with van der Waals surface area (Å²) in [5, 5.41) is 4.13. The van der Waals surface area contributed by atoms with Crippen molar-refractivity contribution in [1.82, 2.24) is 24.8 Å². The molecule has 0 unspecified atom stereocenters. The maximum atomic E-state index is 13.4. The molecule has 1 amide bonds. The Morgan fingerprint density at radius 1 is 1.30 bits per heavy atom. The zero-order chi connectivity index (χ0) is 21.0. The Balaban J connectivity index is 1.50. The minimum atomic E-state index is -0.105. The molecule has 1 fully saturated rings. The van der Waals surface area contributed by atoms with Gasteiger partial charge in [-0.3, -0.25) is 4.79 Å². The van der Waals surface area contributed by atoms with E-state index in [1.54, 1.807) is 11.2 Å². The molecular formula is C22H24N6O2. The van der Waals surface area contributed by atoms with Crippen molar-refractivity contribution < 1.29 is 9.21 Å². The molecular weight excluding hydrogens is 380 g/mol. The number of nitrogens with zero attached hydrogens (tertiary/aromatic N) is 5. The van der Waals surface area contributed by atoms with Crippen LogP contribution in [-0.4, -0.2) is 42.8 Å². The van der Waals surface area contributed by atoms with Crippen molar-refractivity contribution in [2.24, 2.45) is 0 Å². The van der Waals surface area contributed by atoms with Gasteiger partial charge in [-0.25, -0.2) is 15.0 Å². The number of carbonyl (C=O) groups is 1. The van der Waals surface area contributed by atoms with Crippen molar-refractivity contribution in [3.8, 4) is 0 Å². The van der Waals surface area contributed by atoms with Crippen molar-refractivity contribution in [1.29, 1.82) is 0 Å². The summed E-state index contributed by atoms with van der Waals surface area (Å²) in [6, 6.07) is 0. The van der Waals surface area contributed by atoms with E-state index in [0.29, 0.717) is 47.8 Å². The lowest BCUT2D eigenvalue weighted by molar-refractivity contribution is 0.0732. The van der Waals surface area contributed by atoms with Gasteiger partial charge in [0, 0.05) is 17.6 Å². The van der Waals surface area contributed by atoms with Crippen molar-refractivity contribution in [3.05, 3.63) is 47.5 Å². The SMILES string of the molecule is C=C(C)c1ncnc2c1CCN(C(=O)c1coc3nc(C)nc(NC4(C)CC4)c13)C2. The van der Waals surface area contributed by atoms with Gasteiger partial charge in [0.25, 0.3) is 5.91 Å². The molecule has 2 aliphatic rings. The summed E-state index contributed by atoms with van der Waals surface area (Å²) in [7, 11) is 0. The Bertz CT molecular complexity index is 1190. The second-order valence-corrected chi connectivity index (χ2v) is 8.54. The van der Waals surface area contributed by atoms with Crippen molar-refractivity contribution in [3.63, 3.8) is 0 Å². The normalized spacial score (nSPS) is 17.0. The van der Waals surface area contributed by atoms with Crippen LogP contribution < -0.4 is 5.32 Å². The monoisotopic (exact) mass is 404 g/mol. The third-order valence-corrected chi connectivity index (χ3v) is 5.89. The average molecular weight is 404 g/mol. The van der Waals surface area contributed by atoms with E-state index in [-0.39, 0.29) is 11.4 Å². The molecule has 1 aliphatic carbocycles. The van der Waals surface area contributed by atoms with Gasteiger partial charge in [-0.1, -0.05) is 6.58 Å². The number of fused-ring (bicyclic) bond motifs is 2. The van der Waals surface area contributed by atoms with Gasteiger partial charge in [0.05, 0.1) is 28.9 Å². The lowest BCUT2D eigenvalue weighted by Gasteiger charge is -2.29. The van der Waals surface area contributed by atoms with Gasteiger partial charge in [0.2, 0.25) is 5.71 Å². The fourth-order valence-electron chi connectivity index (χ4n) is 3.96. The summed E-state index contributed by atoms with van der Waals surface area (Å²) in [4.78, 5) is 33.0. The summed E-state index contributed by atoms with van der Waals surface area (Å²) in [5.41, 5.74) is 4.67. The van der Waals surface area contributed by atoms with E-state index in [1.165, 1.54) is 6.26 Å². The molecule has 4 heterocycles. The van der Waals surface area contributed by atoms with E-state index >= 15 is 0 Å². The predicted octanol–water partition coefficient (Wildman–Crippen LogP) is 3.52. The largest absolute Gasteiger partial charge is 0.445 e. The van der Waals surface area contributed by atoms with Crippen molar-refractivity contribution in [2.45, 2.75) is 52.1 Å². The highest BCUT2D eigenvalue weighted by Crippen LogP contribution is 2.40. The van der Waals surface area contributed by atoms with Crippen LogP contribution in [-0.2, 0) is 13.0 Å². The molecule has 0 saturated heterocycles. The first-order valence-corrected chi connectivity index (χ1v) is 10.2. The molecule has 3 aromatic rings. The van der Waals surface area contributed by atoms with E-state index < -0.39 is 0 Å². The van der Waals surface area contributed by atoms with E-state index in [1.807, 2.05) is 13.8 Å². The van der Waals surface area contributed by atoms with Crippen LogP contribution in [0.15, 0.2) is 23.6 Å². The van der Waals surface area contributed by atoms with Crippen LogP contribution in [0, 0.1) is 6.92 Å². The molecule has 1 N–H and O–H groups in total. The van der Waals surface area contributed by atoms with Gasteiger partial charge in [-0.15, -0.1) is 0 Å². The van der Waals surface area contributed by atoms with Crippen LogP contribution in [0.25, 0.3) is 16.7 Å². The minimum absolute atomic E-state index is 0.0191. The number of hydrogen-bond acceptors (Lipinski definition) is 7. The molecule has 154 valence electrons. The molecule has 1 aliphatic heterocycles. The van der Waals surface area contributed by atoms with Crippen LogP contribution >= 0.6 is 0 Å². The number of carbonyl (C=O) groups excluding carboxylic acids is 1. The summed E-state index contributed by atoms with van der Waals surface area (Å²) in [6.45, 7) is 10.9. The van der Waals surface area contributed by atoms with Gasteiger partial charge >= 0.3 is 0 Å². The first kappa shape index (κ1) is 18.7. The Hall–Kier alpha value is -3.29. The number of amides is 1. The highest BCUT2D eigenvalue weighted by Gasteiger charge is 2.39. The number of aromatic nitrogens is 4. The first-order chi connectivity index (χ1) is 14.3. The Kier molecular flexibility index (Phi) is 4.13. The summed E-state index contributed by atoms with van der Waals surface area (Å²) in [6.07, 6.45) is 5.88.